The van der Waals surface area contributed by atoms with Crippen LogP contribution in [-0.2, 0) is 11.2 Å². The number of aryl methyl sites for hydroxylation is 1. The number of amides is 3. The summed E-state index contributed by atoms with van der Waals surface area (Å²) in [6.45, 7) is 2.01. The van der Waals surface area contributed by atoms with Crippen LogP contribution in [0, 0.1) is 6.92 Å². The number of anilines is 2. The Morgan fingerprint density at radius 1 is 0.919 bits per heavy atom. The van der Waals surface area contributed by atoms with Crippen molar-refractivity contribution in [1.29, 1.82) is 0 Å². The highest BCUT2D eigenvalue weighted by Crippen LogP contribution is 2.29. The molecule has 0 aliphatic carbocycles. The maximum atomic E-state index is 13.2. The highest BCUT2D eigenvalue weighted by atomic mass is 32.1. The molecular formula is C27H27N5O4S. The molecule has 0 spiro atoms. The summed E-state index contributed by atoms with van der Waals surface area (Å²) in [4.78, 5) is 26.1. The molecule has 3 amide bonds. The molecule has 3 N–H and O–H groups in total. The highest BCUT2D eigenvalue weighted by Gasteiger charge is 2.23. The monoisotopic (exact) mass is 517 g/mol. The number of nitrogens with zero attached hydrogens (tertiary/aromatic N) is 2. The smallest absolute Gasteiger partial charge is 0.320 e. The number of hydrogen-bond donors (Lipinski definition) is 3. The van der Waals surface area contributed by atoms with E-state index >= 15 is 0 Å². The first-order chi connectivity index (χ1) is 17.9. The molecule has 190 valence electrons. The van der Waals surface area contributed by atoms with E-state index in [2.05, 4.69) is 26.1 Å². The molecule has 0 fully saturated rings. The molecule has 1 heterocycles. The average Bonchev–Trinajstić information content (AvgIpc) is 3.38. The predicted molar refractivity (Wildman–Crippen MR) is 144 cm³/mol. The lowest BCUT2D eigenvalue weighted by atomic mass is 10.1. The Morgan fingerprint density at radius 3 is 2.38 bits per heavy atom. The Kier molecular flexibility index (Phi) is 8.32. The molecule has 10 heteroatoms. The second-order valence-corrected chi connectivity index (χ2v) is 9.15. The minimum atomic E-state index is -0.877. The predicted octanol–water partition coefficient (Wildman–Crippen LogP) is 4.90. The molecule has 1 atom stereocenters. The van der Waals surface area contributed by atoms with Crippen molar-refractivity contribution in [2.45, 2.75) is 19.4 Å². The van der Waals surface area contributed by atoms with Crippen LogP contribution in [0.3, 0.4) is 0 Å². The fourth-order valence-electron chi connectivity index (χ4n) is 3.56. The zero-order chi connectivity index (χ0) is 26.2. The van der Waals surface area contributed by atoms with Crippen molar-refractivity contribution in [2.75, 3.05) is 24.9 Å². The molecule has 9 nitrogen and oxygen atoms in total. The Morgan fingerprint density at radius 2 is 1.68 bits per heavy atom. The van der Waals surface area contributed by atoms with E-state index in [-0.39, 0.29) is 6.42 Å². The Bertz CT molecular complexity index is 1360. The second kappa shape index (κ2) is 12.0. The van der Waals surface area contributed by atoms with E-state index in [0.29, 0.717) is 27.3 Å². The van der Waals surface area contributed by atoms with E-state index in [9.17, 15) is 9.59 Å². The van der Waals surface area contributed by atoms with Gasteiger partial charge in [0, 0.05) is 18.1 Å². The summed E-state index contributed by atoms with van der Waals surface area (Å²) in [5.74, 6) is 0.606. The van der Waals surface area contributed by atoms with Gasteiger partial charge in [-0.3, -0.25) is 10.1 Å². The standard InChI is InChI=1S/C27H27N5O4S/c1-17-9-11-19(12-10-17)25-31-32-27(37-25)30-24(33)22(15-18-7-5-4-6-8-18)29-26(34)28-21-14-13-20(35-2)16-23(21)36-3/h4-14,16,22H,15H2,1-3H3,(H2,28,29,34)(H,30,32,33). The molecule has 4 aromatic rings. The van der Waals surface area contributed by atoms with Crippen LogP contribution in [0.1, 0.15) is 11.1 Å². The van der Waals surface area contributed by atoms with Crippen molar-refractivity contribution in [3.63, 3.8) is 0 Å². The maximum absolute atomic E-state index is 13.2. The van der Waals surface area contributed by atoms with Crippen LogP contribution in [0.15, 0.2) is 72.8 Å². The van der Waals surface area contributed by atoms with E-state index in [1.54, 1.807) is 25.3 Å². The van der Waals surface area contributed by atoms with Crippen molar-refractivity contribution >= 4 is 34.1 Å². The number of carbonyl (C=O) groups excluding carboxylic acids is 2. The fraction of sp³-hybridized carbons (Fsp3) is 0.185. The van der Waals surface area contributed by atoms with Crippen LogP contribution in [-0.4, -0.2) is 42.4 Å². The summed E-state index contributed by atoms with van der Waals surface area (Å²) in [7, 11) is 3.04. The minimum absolute atomic E-state index is 0.281. The molecule has 4 rings (SSSR count). The molecule has 3 aromatic carbocycles. The van der Waals surface area contributed by atoms with Gasteiger partial charge in [-0.1, -0.05) is 71.5 Å². The summed E-state index contributed by atoms with van der Waals surface area (Å²) in [6, 6.07) is 20.9. The van der Waals surface area contributed by atoms with Crippen LogP contribution < -0.4 is 25.4 Å². The van der Waals surface area contributed by atoms with Crippen molar-refractivity contribution < 1.29 is 19.1 Å². The third kappa shape index (κ3) is 6.83. The first-order valence-electron chi connectivity index (χ1n) is 11.5. The lowest BCUT2D eigenvalue weighted by Crippen LogP contribution is -2.47. The number of methoxy groups -OCH3 is 2. The summed E-state index contributed by atoms with van der Waals surface area (Å²) >= 11 is 1.26. The summed E-state index contributed by atoms with van der Waals surface area (Å²) in [5, 5.41) is 17.6. The zero-order valence-electron chi connectivity index (χ0n) is 20.6. The summed E-state index contributed by atoms with van der Waals surface area (Å²) in [5.41, 5.74) is 3.38. The van der Waals surface area contributed by atoms with Gasteiger partial charge >= 0.3 is 6.03 Å². The van der Waals surface area contributed by atoms with Crippen LogP contribution in [0.25, 0.3) is 10.6 Å². The number of urea groups is 1. The minimum Gasteiger partial charge on any atom is -0.497 e. The fourth-order valence-corrected chi connectivity index (χ4v) is 4.31. The SMILES string of the molecule is COc1ccc(NC(=O)NC(Cc2ccccc2)C(=O)Nc2nnc(-c3ccc(C)cc3)s2)c(OC)c1. The van der Waals surface area contributed by atoms with E-state index < -0.39 is 18.0 Å². The van der Waals surface area contributed by atoms with Crippen LogP contribution >= 0.6 is 11.3 Å². The molecule has 0 bridgehead atoms. The van der Waals surface area contributed by atoms with Crippen LogP contribution in [0.5, 0.6) is 11.5 Å². The zero-order valence-corrected chi connectivity index (χ0v) is 21.5. The molecule has 0 aliphatic heterocycles. The molecule has 1 unspecified atom stereocenters. The average molecular weight is 518 g/mol. The number of aromatic nitrogens is 2. The third-order valence-electron chi connectivity index (χ3n) is 5.52. The number of nitrogens with one attached hydrogen (secondary N) is 3. The quantitative estimate of drug-likeness (QED) is 0.291. The van der Waals surface area contributed by atoms with E-state index in [1.165, 1.54) is 18.4 Å². The van der Waals surface area contributed by atoms with Gasteiger partial charge in [0.05, 0.1) is 19.9 Å². The number of ether oxygens (including phenoxy) is 2. The first kappa shape index (κ1) is 25.6. The van der Waals surface area contributed by atoms with Crippen molar-refractivity contribution in [2.24, 2.45) is 0 Å². The van der Waals surface area contributed by atoms with Gasteiger partial charge in [-0.2, -0.15) is 0 Å². The van der Waals surface area contributed by atoms with E-state index in [4.69, 9.17) is 9.47 Å². The number of benzene rings is 3. The molecule has 0 saturated carbocycles. The van der Waals surface area contributed by atoms with Gasteiger partial charge in [0.25, 0.3) is 0 Å². The molecule has 1 aromatic heterocycles. The van der Waals surface area contributed by atoms with Gasteiger partial charge < -0.3 is 20.1 Å². The number of rotatable bonds is 9. The van der Waals surface area contributed by atoms with Gasteiger partial charge in [-0.05, 0) is 24.6 Å². The highest BCUT2D eigenvalue weighted by molar-refractivity contribution is 7.18. The normalized spacial score (nSPS) is 11.3. The second-order valence-electron chi connectivity index (χ2n) is 8.17. The van der Waals surface area contributed by atoms with Crippen molar-refractivity contribution in [3.05, 3.63) is 83.9 Å². The van der Waals surface area contributed by atoms with Gasteiger partial charge in [0.1, 0.15) is 22.5 Å². The molecular weight excluding hydrogens is 490 g/mol. The lowest BCUT2D eigenvalue weighted by Gasteiger charge is -2.19. The third-order valence-corrected chi connectivity index (χ3v) is 6.40. The Balaban J connectivity index is 1.48. The van der Waals surface area contributed by atoms with E-state index in [0.717, 1.165) is 16.7 Å². The molecule has 0 saturated heterocycles. The van der Waals surface area contributed by atoms with Crippen LogP contribution in [0.2, 0.25) is 0 Å². The largest absolute Gasteiger partial charge is 0.497 e. The van der Waals surface area contributed by atoms with Gasteiger partial charge in [-0.25, -0.2) is 4.79 Å². The van der Waals surface area contributed by atoms with Gasteiger partial charge in [0.15, 0.2) is 0 Å². The number of hydrogen-bond acceptors (Lipinski definition) is 7. The topological polar surface area (TPSA) is 114 Å². The summed E-state index contributed by atoms with van der Waals surface area (Å²) < 4.78 is 10.5. The first-order valence-corrected chi connectivity index (χ1v) is 12.3. The van der Waals surface area contributed by atoms with Crippen molar-refractivity contribution in [3.8, 4) is 22.1 Å². The lowest BCUT2D eigenvalue weighted by molar-refractivity contribution is -0.117. The van der Waals surface area contributed by atoms with Crippen LogP contribution in [0.4, 0.5) is 15.6 Å². The molecule has 0 radical (unpaired) electrons. The van der Waals surface area contributed by atoms with Crippen molar-refractivity contribution in [1.82, 2.24) is 15.5 Å². The van der Waals surface area contributed by atoms with Gasteiger partial charge in [-0.15, -0.1) is 10.2 Å². The maximum Gasteiger partial charge on any atom is 0.320 e. The van der Waals surface area contributed by atoms with Gasteiger partial charge in [0.2, 0.25) is 11.0 Å². The number of carbonyl (C=O) groups is 2. The molecule has 0 aliphatic rings. The Hall–Kier alpha value is -4.44. The Labute approximate surface area is 218 Å². The van der Waals surface area contributed by atoms with E-state index in [1.807, 2.05) is 61.5 Å². The summed E-state index contributed by atoms with van der Waals surface area (Å²) in [6.07, 6.45) is 0.281. The molecule has 37 heavy (non-hydrogen) atoms.